The Morgan fingerprint density at radius 3 is 2.71 bits per heavy atom. The molecule has 6 nitrogen and oxygen atoms in total. The van der Waals surface area contributed by atoms with Crippen LogP contribution < -0.4 is 5.56 Å². The van der Waals surface area contributed by atoms with Gasteiger partial charge in [-0.2, -0.15) is 5.10 Å². The maximum absolute atomic E-state index is 12.7. The van der Waals surface area contributed by atoms with Crippen molar-refractivity contribution in [3.63, 3.8) is 0 Å². The average Bonchev–Trinajstić information content (AvgIpc) is 2.56. The molecule has 1 aliphatic rings. The predicted octanol–water partition coefficient (Wildman–Crippen LogP) is 2.32. The number of ether oxygens (including phenoxy) is 1. The van der Waals surface area contributed by atoms with E-state index in [0.29, 0.717) is 12.2 Å². The van der Waals surface area contributed by atoms with Crippen molar-refractivity contribution in [1.29, 1.82) is 0 Å². The van der Waals surface area contributed by atoms with Gasteiger partial charge in [0.1, 0.15) is 5.69 Å². The summed E-state index contributed by atoms with van der Waals surface area (Å²) in [5, 5.41) is 4.16. The molecule has 0 unspecified atom stereocenters. The number of hydrogen-bond acceptors (Lipinski definition) is 4. The first kappa shape index (κ1) is 18.6. The van der Waals surface area contributed by atoms with Gasteiger partial charge >= 0.3 is 0 Å². The number of rotatable bonds is 7. The van der Waals surface area contributed by atoms with E-state index < -0.39 is 0 Å². The average molecular weight is 335 g/mol. The summed E-state index contributed by atoms with van der Waals surface area (Å²) >= 11 is 0. The van der Waals surface area contributed by atoms with E-state index >= 15 is 0 Å². The number of nitrogens with zero attached hydrogens (tertiary/aromatic N) is 3. The van der Waals surface area contributed by atoms with Crippen molar-refractivity contribution in [2.75, 3.05) is 13.7 Å². The number of aryl methyl sites for hydroxylation is 1. The summed E-state index contributed by atoms with van der Waals surface area (Å²) in [4.78, 5) is 26.1. The van der Waals surface area contributed by atoms with Crippen molar-refractivity contribution in [3.8, 4) is 0 Å². The Morgan fingerprint density at radius 1 is 1.42 bits per heavy atom. The first-order valence-corrected chi connectivity index (χ1v) is 8.79. The number of aromatic nitrogens is 2. The lowest BCUT2D eigenvalue weighted by Crippen LogP contribution is -2.62. The molecule has 6 heteroatoms. The van der Waals surface area contributed by atoms with Crippen LogP contribution in [0.4, 0.5) is 0 Å². The smallest absolute Gasteiger partial charge is 0.274 e. The molecule has 0 radical (unpaired) electrons. The molecule has 1 aromatic rings. The molecule has 0 saturated heterocycles. The number of carbonyl (C=O) groups excluding carboxylic acids is 1. The summed E-state index contributed by atoms with van der Waals surface area (Å²) in [6, 6.07) is 3.02. The highest BCUT2D eigenvalue weighted by molar-refractivity contribution is 5.92. The first-order chi connectivity index (χ1) is 11.3. The van der Waals surface area contributed by atoms with Crippen LogP contribution in [0.2, 0.25) is 0 Å². The topological polar surface area (TPSA) is 64.4 Å². The van der Waals surface area contributed by atoms with E-state index in [9.17, 15) is 9.59 Å². The van der Waals surface area contributed by atoms with E-state index in [1.54, 1.807) is 11.9 Å². The van der Waals surface area contributed by atoms with E-state index in [1.165, 1.54) is 16.8 Å². The Morgan fingerprint density at radius 2 is 2.12 bits per heavy atom. The maximum Gasteiger partial charge on any atom is 0.274 e. The molecule has 1 heterocycles. The van der Waals surface area contributed by atoms with Crippen molar-refractivity contribution in [3.05, 3.63) is 28.2 Å². The van der Waals surface area contributed by atoms with Crippen molar-refractivity contribution < 1.29 is 9.53 Å². The number of amides is 1. The summed E-state index contributed by atoms with van der Waals surface area (Å²) < 4.78 is 7.26. The molecular weight excluding hydrogens is 306 g/mol. The Bertz CT molecular complexity index is 639. The third kappa shape index (κ3) is 3.53. The lowest BCUT2D eigenvalue weighted by molar-refractivity contribution is -0.140. The lowest BCUT2D eigenvalue weighted by atomic mass is 9.63. The third-order valence-corrected chi connectivity index (χ3v) is 5.12. The van der Waals surface area contributed by atoms with Gasteiger partial charge in [0, 0.05) is 37.7 Å². The minimum Gasteiger partial charge on any atom is -0.378 e. The maximum atomic E-state index is 12.7. The largest absolute Gasteiger partial charge is 0.378 e. The molecule has 0 bridgehead atoms. The van der Waals surface area contributed by atoms with Gasteiger partial charge in [0.2, 0.25) is 0 Å². The van der Waals surface area contributed by atoms with E-state index in [0.717, 1.165) is 25.9 Å². The molecule has 0 aliphatic heterocycles. The van der Waals surface area contributed by atoms with Crippen molar-refractivity contribution in [2.45, 2.75) is 65.6 Å². The standard InChI is InChI=1S/C18H29N3O3/c1-6-8-11-24-15-12-14(18(15,3)4)20(5)17(23)13-9-10-16(22)21(7-2)19-13/h9-10,14-15H,6-8,11-12H2,1-5H3/t14-,15+/m0/s1. The number of hydrogen-bond donors (Lipinski definition) is 0. The van der Waals surface area contributed by atoms with Crippen molar-refractivity contribution >= 4 is 5.91 Å². The SMILES string of the molecule is CCCCO[C@@H]1C[C@H](N(C)C(=O)c2ccc(=O)n(CC)n2)C1(C)C. The van der Waals surface area contributed by atoms with Crippen LogP contribution >= 0.6 is 0 Å². The second kappa shape index (κ2) is 7.47. The number of unbranched alkanes of at least 4 members (excludes halogenated alkanes) is 1. The zero-order valence-electron chi connectivity index (χ0n) is 15.4. The molecular formula is C18H29N3O3. The summed E-state index contributed by atoms with van der Waals surface area (Å²) in [5.41, 5.74) is 0.0346. The van der Waals surface area contributed by atoms with Crippen molar-refractivity contribution in [2.24, 2.45) is 5.41 Å². The highest BCUT2D eigenvalue weighted by atomic mass is 16.5. The van der Waals surface area contributed by atoms with Gasteiger partial charge in [0.15, 0.2) is 0 Å². The van der Waals surface area contributed by atoms with Crippen LogP contribution in [0.25, 0.3) is 0 Å². The molecule has 1 aliphatic carbocycles. The van der Waals surface area contributed by atoms with Gasteiger partial charge in [0.05, 0.1) is 6.10 Å². The van der Waals surface area contributed by atoms with Crippen LogP contribution in [0.1, 0.15) is 57.4 Å². The highest BCUT2D eigenvalue weighted by Gasteiger charge is 2.52. The fourth-order valence-corrected chi connectivity index (χ4v) is 3.29. The molecule has 0 aromatic carbocycles. The Balaban J connectivity index is 2.05. The van der Waals surface area contributed by atoms with Gasteiger partial charge in [-0.05, 0) is 25.8 Å². The molecule has 2 rings (SSSR count). The van der Waals surface area contributed by atoms with Crippen LogP contribution in [0.15, 0.2) is 16.9 Å². The molecule has 134 valence electrons. The van der Waals surface area contributed by atoms with E-state index in [-0.39, 0.29) is 29.0 Å². The second-order valence-corrected chi connectivity index (χ2v) is 7.07. The molecule has 1 aromatic heterocycles. The summed E-state index contributed by atoms with van der Waals surface area (Å²) in [7, 11) is 1.81. The van der Waals surface area contributed by atoms with Crippen LogP contribution in [0.5, 0.6) is 0 Å². The Hall–Kier alpha value is -1.69. The van der Waals surface area contributed by atoms with Gasteiger partial charge in [-0.3, -0.25) is 9.59 Å². The lowest BCUT2D eigenvalue weighted by Gasteiger charge is -2.54. The monoisotopic (exact) mass is 335 g/mol. The molecule has 1 fully saturated rings. The third-order valence-electron chi connectivity index (χ3n) is 5.12. The molecule has 0 N–H and O–H groups in total. The van der Waals surface area contributed by atoms with Gasteiger partial charge in [-0.25, -0.2) is 4.68 Å². The second-order valence-electron chi connectivity index (χ2n) is 7.07. The van der Waals surface area contributed by atoms with Crippen LogP contribution in [-0.2, 0) is 11.3 Å². The van der Waals surface area contributed by atoms with Gasteiger partial charge in [-0.15, -0.1) is 0 Å². The van der Waals surface area contributed by atoms with Crippen LogP contribution in [0.3, 0.4) is 0 Å². The molecule has 1 amide bonds. The van der Waals surface area contributed by atoms with E-state index in [2.05, 4.69) is 25.9 Å². The molecule has 0 spiro atoms. The zero-order valence-corrected chi connectivity index (χ0v) is 15.4. The summed E-state index contributed by atoms with van der Waals surface area (Å²) in [6.45, 7) is 9.49. The van der Waals surface area contributed by atoms with Crippen LogP contribution in [0, 0.1) is 5.41 Å². The first-order valence-electron chi connectivity index (χ1n) is 8.79. The quantitative estimate of drug-likeness (QED) is 0.717. The fraction of sp³-hybridized carbons (Fsp3) is 0.722. The van der Waals surface area contributed by atoms with E-state index in [1.807, 2.05) is 6.92 Å². The van der Waals surface area contributed by atoms with Gasteiger partial charge in [0.25, 0.3) is 11.5 Å². The Labute approximate surface area is 143 Å². The van der Waals surface area contributed by atoms with Crippen molar-refractivity contribution in [1.82, 2.24) is 14.7 Å². The van der Waals surface area contributed by atoms with E-state index in [4.69, 9.17) is 4.74 Å². The minimum atomic E-state index is -0.190. The van der Waals surface area contributed by atoms with Crippen LogP contribution in [-0.4, -0.2) is 46.4 Å². The number of carbonyl (C=O) groups is 1. The molecule has 24 heavy (non-hydrogen) atoms. The molecule has 2 atom stereocenters. The highest BCUT2D eigenvalue weighted by Crippen LogP contribution is 2.45. The molecule has 1 saturated carbocycles. The fourth-order valence-electron chi connectivity index (χ4n) is 3.29. The summed E-state index contributed by atoms with van der Waals surface area (Å²) in [6.07, 6.45) is 3.20. The Kier molecular flexibility index (Phi) is 5.80. The normalized spacial score (nSPS) is 22.0. The van der Waals surface area contributed by atoms with Gasteiger partial charge in [-0.1, -0.05) is 27.2 Å². The summed E-state index contributed by atoms with van der Waals surface area (Å²) in [5.74, 6) is -0.151. The zero-order chi connectivity index (χ0) is 17.9. The predicted molar refractivity (Wildman–Crippen MR) is 93.1 cm³/mol. The van der Waals surface area contributed by atoms with Gasteiger partial charge < -0.3 is 9.64 Å². The minimum absolute atomic E-state index is 0.0860.